The summed E-state index contributed by atoms with van der Waals surface area (Å²) in [5.41, 5.74) is 0.617. The summed E-state index contributed by atoms with van der Waals surface area (Å²) in [6.07, 6.45) is -4.93. The number of ether oxygens (including phenoxy) is 1. The molecule has 0 amide bonds. The molecule has 0 saturated carbocycles. The number of aliphatic hydroxyl groups excluding tert-OH is 1. The van der Waals surface area contributed by atoms with Crippen LogP contribution in [0.2, 0.25) is 0 Å². The first-order valence-electron chi connectivity index (χ1n) is 6.40. The second-order valence-electron chi connectivity index (χ2n) is 4.44. The van der Waals surface area contributed by atoms with E-state index in [9.17, 15) is 18.3 Å². The largest absolute Gasteiger partial charge is 0.494 e. The second kappa shape index (κ2) is 7.38. The number of hydrogen-bond acceptors (Lipinski definition) is 2. The van der Waals surface area contributed by atoms with Crippen LogP contribution in [0.15, 0.2) is 24.3 Å². The summed E-state index contributed by atoms with van der Waals surface area (Å²) in [4.78, 5) is 0. The molecule has 1 aromatic rings. The van der Waals surface area contributed by atoms with Gasteiger partial charge in [-0.15, -0.1) is 0 Å². The molecule has 0 fully saturated rings. The molecule has 1 aromatic carbocycles. The Bertz CT molecular complexity index is 360. The van der Waals surface area contributed by atoms with Crippen molar-refractivity contribution < 1.29 is 23.0 Å². The Kier molecular flexibility index (Phi) is 6.15. The molecule has 108 valence electrons. The van der Waals surface area contributed by atoms with E-state index in [1.54, 1.807) is 24.3 Å². The molecule has 0 aliphatic carbocycles. The van der Waals surface area contributed by atoms with E-state index in [1.807, 2.05) is 6.92 Å². The van der Waals surface area contributed by atoms with Gasteiger partial charge in [0.15, 0.2) is 0 Å². The molecule has 0 aromatic heterocycles. The van der Waals surface area contributed by atoms with E-state index in [-0.39, 0.29) is 12.8 Å². The van der Waals surface area contributed by atoms with Gasteiger partial charge in [-0.2, -0.15) is 13.2 Å². The van der Waals surface area contributed by atoms with Crippen LogP contribution in [0.25, 0.3) is 0 Å². The van der Waals surface area contributed by atoms with Crippen molar-refractivity contribution in [2.45, 2.75) is 44.9 Å². The summed E-state index contributed by atoms with van der Waals surface area (Å²) in [6.45, 7) is 2.62. The lowest BCUT2D eigenvalue weighted by Crippen LogP contribution is -2.08. The van der Waals surface area contributed by atoms with Gasteiger partial charge >= 0.3 is 6.18 Å². The van der Waals surface area contributed by atoms with Crippen LogP contribution in [0.5, 0.6) is 5.75 Å². The first-order valence-corrected chi connectivity index (χ1v) is 6.40. The average Bonchev–Trinajstić information content (AvgIpc) is 2.35. The molecule has 1 N–H and O–H groups in total. The summed E-state index contributed by atoms with van der Waals surface area (Å²) in [5.74, 6) is 0.702. The Morgan fingerprint density at radius 1 is 1.21 bits per heavy atom. The minimum Gasteiger partial charge on any atom is -0.494 e. The fourth-order valence-electron chi connectivity index (χ4n) is 1.67. The van der Waals surface area contributed by atoms with E-state index < -0.39 is 18.7 Å². The fraction of sp³-hybridized carbons (Fsp3) is 0.571. The van der Waals surface area contributed by atoms with Gasteiger partial charge in [0.05, 0.1) is 12.7 Å². The van der Waals surface area contributed by atoms with Crippen LogP contribution in [0.4, 0.5) is 13.2 Å². The van der Waals surface area contributed by atoms with Gasteiger partial charge in [0.1, 0.15) is 5.75 Å². The lowest BCUT2D eigenvalue weighted by molar-refractivity contribution is -0.136. The number of aliphatic hydroxyl groups is 1. The molecule has 0 spiro atoms. The van der Waals surface area contributed by atoms with Crippen LogP contribution >= 0.6 is 0 Å². The molecule has 0 saturated heterocycles. The summed E-state index contributed by atoms with van der Waals surface area (Å²) in [6, 6.07) is 6.81. The summed E-state index contributed by atoms with van der Waals surface area (Å²) in [7, 11) is 0. The first kappa shape index (κ1) is 15.8. The minimum absolute atomic E-state index is 0.0707. The lowest BCUT2D eigenvalue weighted by Gasteiger charge is -2.13. The molecule has 2 nitrogen and oxygen atoms in total. The third-order valence-corrected chi connectivity index (χ3v) is 2.68. The van der Waals surface area contributed by atoms with Crippen LogP contribution in [-0.4, -0.2) is 17.9 Å². The van der Waals surface area contributed by atoms with Crippen molar-refractivity contribution in [3.05, 3.63) is 29.8 Å². The Balaban J connectivity index is 2.42. The quantitative estimate of drug-likeness (QED) is 0.807. The highest BCUT2D eigenvalue weighted by molar-refractivity contribution is 5.28. The molecule has 0 radical (unpaired) electrons. The standard InChI is InChI=1S/C14H19F3O2/c1-2-10-19-12-7-5-11(6-8-12)13(18)4-3-9-14(15,16)17/h5-8,13,18H,2-4,9-10H2,1H3. The van der Waals surface area contributed by atoms with Crippen molar-refractivity contribution in [3.63, 3.8) is 0 Å². The van der Waals surface area contributed by atoms with Gasteiger partial charge in [-0.1, -0.05) is 19.1 Å². The van der Waals surface area contributed by atoms with Gasteiger partial charge < -0.3 is 9.84 Å². The third kappa shape index (κ3) is 6.47. The molecule has 0 heterocycles. The van der Waals surface area contributed by atoms with Crippen LogP contribution in [0.1, 0.15) is 44.3 Å². The molecule has 5 heteroatoms. The lowest BCUT2D eigenvalue weighted by atomic mass is 10.0. The zero-order valence-corrected chi connectivity index (χ0v) is 10.9. The average molecular weight is 276 g/mol. The number of hydrogen-bond donors (Lipinski definition) is 1. The molecule has 1 rings (SSSR count). The van der Waals surface area contributed by atoms with Crippen molar-refractivity contribution in [2.24, 2.45) is 0 Å². The van der Waals surface area contributed by atoms with Gasteiger partial charge in [0.2, 0.25) is 0 Å². The van der Waals surface area contributed by atoms with E-state index in [2.05, 4.69) is 0 Å². The van der Waals surface area contributed by atoms with E-state index in [1.165, 1.54) is 0 Å². The van der Waals surface area contributed by atoms with Gasteiger partial charge in [0.25, 0.3) is 0 Å². The molecular formula is C14H19F3O2. The number of rotatable bonds is 7. The van der Waals surface area contributed by atoms with E-state index in [4.69, 9.17) is 4.74 Å². The molecule has 1 unspecified atom stereocenters. The summed E-state index contributed by atoms with van der Waals surface area (Å²) < 4.78 is 41.3. The van der Waals surface area contributed by atoms with Gasteiger partial charge in [0, 0.05) is 6.42 Å². The van der Waals surface area contributed by atoms with Crippen LogP contribution in [0, 0.1) is 0 Å². The molecule has 1 atom stereocenters. The number of halogens is 3. The smallest absolute Gasteiger partial charge is 0.389 e. The van der Waals surface area contributed by atoms with Crippen molar-refractivity contribution in [1.82, 2.24) is 0 Å². The Hall–Kier alpha value is -1.23. The van der Waals surface area contributed by atoms with Gasteiger partial charge in [-0.25, -0.2) is 0 Å². The maximum Gasteiger partial charge on any atom is 0.389 e. The highest BCUT2D eigenvalue weighted by Gasteiger charge is 2.26. The van der Waals surface area contributed by atoms with Crippen molar-refractivity contribution in [3.8, 4) is 5.75 Å². The Morgan fingerprint density at radius 3 is 2.37 bits per heavy atom. The fourth-order valence-corrected chi connectivity index (χ4v) is 1.67. The maximum atomic E-state index is 12.0. The maximum absolute atomic E-state index is 12.0. The Labute approximate surface area is 111 Å². The van der Waals surface area contributed by atoms with Gasteiger partial charge in [-0.05, 0) is 37.0 Å². The highest BCUT2D eigenvalue weighted by atomic mass is 19.4. The third-order valence-electron chi connectivity index (χ3n) is 2.68. The van der Waals surface area contributed by atoms with Crippen molar-refractivity contribution in [1.29, 1.82) is 0 Å². The molecule has 0 bridgehead atoms. The van der Waals surface area contributed by atoms with Crippen LogP contribution < -0.4 is 4.74 Å². The first-order chi connectivity index (χ1) is 8.92. The predicted molar refractivity (Wildman–Crippen MR) is 67.1 cm³/mol. The summed E-state index contributed by atoms with van der Waals surface area (Å²) >= 11 is 0. The normalized spacial score (nSPS) is 13.3. The zero-order chi connectivity index (χ0) is 14.3. The minimum atomic E-state index is -4.16. The zero-order valence-electron chi connectivity index (χ0n) is 10.9. The van der Waals surface area contributed by atoms with Crippen molar-refractivity contribution in [2.75, 3.05) is 6.61 Å². The van der Waals surface area contributed by atoms with E-state index in [0.717, 1.165) is 6.42 Å². The molecular weight excluding hydrogens is 257 g/mol. The predicted octanol–water partition coefficient (Wildman–Crippen LogP) is 4.24. The SMILES string of the molecule is CCCOc1ccc(C(O)CCCC(F)(F)F)cc1. The monoisotopic (exact) mass is 276 g/mol. The second-order valence-corrected chi connectivity index (χ2v) is 4.44. The van der Waals surface area contributed by atoms with E-state index in [0.29, 0.717) is 17.9 Å². The van der Waals surface area contributed by atoms with E-state index >= 15 is 0 Å². The number of alkyl halides is 3. The molecule has 19 heavy (non-hydrogen) atoms. The molecule has 0 aliphatic heterocycles. The van der Waals surface area contributed by atoms with Crippen molar-refractivity contribution >= 4 is 0 Å². The van der Waals surface area contributed by atoms with Gasteiger partial charge in [-0.3, -0.25) is 0 Å². The number of benzene rings is 1. The molecule has 0 aliphatic rings. The van der Waals surface area contributed by atoms with Crippen LogP contribution in [-0.2, 0) is 0 Å². The highest BCUT2D eigenvalue weighted by Crippen LogP contribution is 2.27. The summed E-state index contributed by atoms with van der Waals surface area (Å²) in [5, 5.41) is 9.78. The Morgan fingerprint density at radius 2 is 1.84 bits per heavy atom. The van der Waals surface area contributed by atoms with Crippen LogP contribution in [0.3, 0.4) is 0 Å². The topological polar surface area (TPSA) is 29.5 Å².